The van der Waals surface area contributed by atoms with Gasteiger partial charge in [0, 0.05) is 85.4 Å². The minimum absolute atomic E-state index is 1.12. The number of hydrogen-bond acceptors (Lipinski definition) is 0. The summed E-state index contributed by atoms with van der Waals surface area (Å²) in [5, 5.41) is 9.92. The van der Waals surface area contributed by atoms with Crippen molar-refractivity contribution in [2.45, 2.75) is 19.6 Å². The molecular weight excluding hydrogens is 953 g/mol. The zero-order valence-electron chi connectivity index (χ0n) is 41.9. The van der Waals surface area contributed by atoms with E-state index in [2.05, 4.69) is 309 Å². The summed E-state index contributed by atoms with van der Waals surface area (Å²) in [5.74, 6) is 0. The van der Waals surface area contributed by atoms with Crippen LogP contribution in [0.2, 0.25) is 0 Å². The Balaban J connectivity index is 0.900. The van der Waals surface area contributed by atoms with Crippen LogP contribution >= 0.6 is 10.0 Å². The lowest BCUT2D eigenvalue weighted by Gasteiger charge is -2.42. The molecule has 0 saturated heterocycles. The van der Waals surface area contributed by atoms with Crippen LogP contribution in [0.3, 0.4) is 0 Å². The highest BCUT2D eigenvalue weighted by molar-refractivity contribution is 8.34. The molecule has 0 amide bonds. The summed E-state index contributed by atoms with van der Waals surface area (Å²) in [6.07, 6.45) is 0. The summed E-state index contributed by atoms with van der Waals surface area (Å²) in [4.78, 5) is 5.07. The van der Waals surface area contributed by atoms with Crippen LogP contribution in [0.4, 0.5) is 0 Å². The lowest BCUT2D eigenvalue weighted by molar-refractivity contribution is 1.13. The Morgan fingerprint density at radius 3 is 0.740 bits per heavy atom. The quantitative estimate of drug-likeness (QED) is 0.145. The summed E-state index contributed by atoms with van der Waals surface area (Å²) >= 11 is 0. The van der Waals surface area contributed by atoms with Gasteiger partial charge in [0.05, 0.1) is 44.1 Å². The van der Waals surface area contributed by atoms with Crippen LogP contribution in [-0.4, -0.2) is 18.3 Å². The van der Waals surface area contributed by atoms with Crippen LogP contribution in [0, 0.1) is 0 Å². The Kier molecular flexibility index (Phi) is 9.69. The Morgan fingerprint density at radius 2 is 0.416 bits per heavy atom. The molecule has 77 heavy (non-hydrogen) atoms. The van der Waals surface area contributed by atoms with Gasteiger partial charge in [-0.05, 0) is 133 Å². The second kappa shape index (κ2) is 17.1. The lowest BCUT2D eigenvalue weighted by Crippen LogP contribution is -2.07. The van der Waals surface area contributed by atoms with E-state index in [0.717, 1.165) is 22.7 Å². The van der Waals surface area contributed by atoms with Gasteiger partial charge < -0.3 is 18.3 Å². The number of para-hydroxylation sites is 6. The summed E-state index contributed by atoms with van der Waals surface area (Å²) in [6, 6.07) is 108. The first-order valence-corrected chi connectivity index (χ1v) is 28.0. The third-order valence-electron chi connectivity index (χ3n) is 16.0. The molecule has 4 heterocycles. The molecule has 0 fully saturated rings. The van der Waals surface area contributed by atoms with E-state index in [1.54, 1.807) is 0 Å². The molecule has 0 aliphatic heterocycles. The van der Waals surface area contributed by atoms with E-state index < -0.39 is 10.0 Å². The zero-order chi connectivity index (χ0) is 50.6. The molecule has 0 unspecified atom stereocenters. The van der Waals surface area contributed by atoms with Crippen molar-refractivity contribution < 1.29 is 0 Å². The average molecular weight is 1000 g/mol. The van der Waals surface area contributed by atoms with Crippen LogP contribution < -0.4 is 0 Å². The lowest BCUT2D eigenvalue weighted by atomic mass is 10.1. The molecule has 0 bridgehead atoms. The third-order valence-corrected chi connectivity index (χ3v) is 19.9. The van der Waals surface area contributed by atoms with Crippen molar-refractivity contribution >= 4 is 97.3 Å². The van der Waals surface area contributed by atoms with E-state index in [0.29, 0.717) is 0 Å². The molecule has 5 heteroatoms. The molecule has 0 saturated carbocycles. The van der Waals surface area contributed by atoms with E-state index in [9.17, 15) is 0 Å². The van der Waals surface area contributed by atoms with Crippen LogP contribution in [0.5, 0.6) is 0 Å². The van der Waals surface area contributed by atoms with Crippen molar-refractivity contribution in [1.29, 1.82) is 0 Å². The summed E-state index contributed by atoms with van der Waals surface area (Å²) in [5.41, 5.74) is 14.1. The van der Waals surface area contributed by atoms with Crippen molar-refractivity contribution in [2.24, 2.45) is 0 Å². The molecule has 362 valence electrons. The predicted octanol–water partition coefficient (Wildman–Crippen LogP) is 19.4. The zero-order valence-corrected chi connectivity index (χ0v) is 42.7. The maximum absolute atomic E-state index is 2.48. The molecule has 0 atom stereocenters. The molecule has 16 aromatic rings. The number of fused-ring (bicyclic) bond motifs is 12. The minimum atomic E-state index is -2.14. The molecule has 0 radical (unpaired) electrons. The van der Waals surface area contributed by atoms with Crippen LogP contribution in [0.1, 0.15) is 0 Å². The van der Waals surface area contributed by atoms with Crippen LogP contribution in [-0.2, 0) is 0 Å². The fourth-order valence-corrected chi connectivity index (χ4v) is 16.8. The first-order chi connectivity index (χ1) is 38.2. The highest BCUT2D eigenvalue weighted by Gasteiger charge is 2.34. The van der Waals surface area contributed by atoms with E-state index in [-0.39, 0.29) is 0 Å². The van der Waals surface area contributed by atoms with Gasteiger partial charge in [0.25, 0.3) is 0 Å². The van der Waals surface area contributed by atoms with E-state index in [4.69, 9.17) is 0 Å². The normalized spacial score (nSPS) is 12.4. The number of aromatic nitrogens is 4. The Bertz CT molecular complexity index is 4570. The van der Waals surface area contributed by atoms with Crippen molar-refractivity contribution in [3.8, 4) is 22.7 Å². The molecule has 0 spiro atoms. The van der Waals surface area contributed by atoms with Gasteiger partial charge >= 0.3 is 0 Å². The van der Waals surface area contributed by atoms with Gasteiger partial charge in [-0.15, -0.1) is 10.0 Å². The first kappa shape index (κ1) is 43.6. The van der Waals surface area contributed by atoms with Gasteiger partial charge in [-0.2, -0.15) is 0 Å². The maximum Gasteiger partial charge on any atom is 0.0542 e. The third kappa shape index (κ3) is 6.41. The maximum atomic E-state index is 2.48. The SMILES string of the molecule is c1ccc(S(c2ccccc2)(c2cccc(-n3c4ccccc4c4cc(-n5c6ccccc6c6ccccc65)ccc43)c2)c2cccc(-n3c4ccccc4c4cc(-n5c6ccccc6c6ccccc65)ccc43)c2)cc1. The van der Waals surface area contributed by atoms with Crippen molar-refractivity contribution in [2.75, 3.05) is 0 Å². The summed E-state index contributed by atoms with van der Waals surface area (Å²) in [7, 11) is -2.14. The van der Waals surface area contributed by atoms with Crippen LogP contribution in [0.25, 0.3) is 110 Å². The Labute approximate surface area is 446 Å². The molecule has 0 aliphatic rings. The van der Waals surface area contributed by atoms with Gasteiger partial charge in [-0.25, -0.2) is 0 Å². The average Bonchev–Trinajstić information content (AvgIpc) is 4.27. The summed E-state index contributed by atoms with van der Waals surface area (Å²) < 4.78 is 9.80. The highest BCUT2D eigenvalue weighted by atomic mass is 32.3. The van der Waals surface area contributed by atoms with E-state index >= 15 is 0 Å². The molecule has 16 rings (SSSR count). The van der Waals surface area contributed by atoms with Crippen molar-refractivity contribution in [1.82, 2.24) is 18.3 Å². The molecule has 0 aliphatic carbocycles. The second-order valence-corrected chi connectivity index (χ2v) is 23.2. The monoisotopic (exact) mass is 1000 g/mol. The van der Waals surface area contributed by atoms with Crippen molar-refractivity contribution in [3.63, 3.8) is 0 Å². The Morgan fingerprint density at radius 1 is 0.169 bits per heavy atom. The minimum Gasteiger partial charge on any atom is -0.309 e. The van der Waals surface area contributed by atoms with Crippen LogP contribution in [0.15, 0.2) is 311 Å². The van der Waals surface area contributed by atoms with Gasteiger partial charge in [0.1, 0.15) is 0 Å². The predicted molar refractivity (Wildman–Crippen MR) is 324 cm³/mol. The van der Waals surface area contributed by atoms with Gasteiger partial charge in [0.15, 0.2) is 0 Å². The number of nitrogens with zero attached hydrogens (tertiary/aromatic N) is 4. The molecule has 0 N–H and O–H groups in total. The molecule has 12 aromatic carbocycles. The number of benzene rings is 12. The fourth-order valence-electron chi connectivity index (χ4n) is 12.8. The smallest absolute Gasteiger partial charge is 0.0542 e. The standard InChI is InChI=1S/C72H48N4S/c1-3-23-53(24-4-1)77(54-25-5-2-6-26-54,55-27-19-21-49(45-55)73-69-39-17-11-33-61(69)63-47-51(41-43-71(63)73)75-65-35-13-7-29-57(65)58-30-8-14-36-66(58)75)56-28-20-22-50(46-56)74-70-40-18-12-34-62(70)64-48-52(42-44-72(64)74)76-67-37-15-9-31-59(67)60-32-10-16-38-68(60)76/h1-48H. The molecular formula is C72H48N4S. The number of rotatable bonds is 8. The molecule has 4 aromatic heterocycles. The van der Waals surface area contributed by atoms with Gasteiger partial charge in [-0.1, -0.05) is 158 Å². The van der Waals surface area contributed by atoms with Crippen molar-refractivity contribution in [3.05, 3.63) is 291 Å². The second-order valence-electron chi connectivity index (χ2n) is 20.1. The number of hydrogen-bond donors (Lipinski definition) is 0. The summed E-state index contributed by atoms with van der Waals surface area (Å²) in [6.45, 7) is 0. The van der Waals surface area contributed by atoms with Gasteiger partial charge in [-0.3, -0.25) is 0 Å². The first-order valence-electron chi connectivity index (χ1n) is 26.4. The Hall–Kier alpha value is -9.81. The fraction of sp³-hybridized carbons (Fsp3) is 0. The topological polar surface area (TPSA) is 19.7 Å². The largest absolute Gasteiger partial charge is 0.309 e. The highest BCUT2D eigenvalue weighted by Crippen LogP contribution is 2.73. The van der Waals surface area contributed by atoms with E-state index in [1.807, 2.05) is 0 Å². The van der Waals surface area contributed by atoms with Gasteiger partial charge in [0.2, 0.25) is 0 Å². The van der Waals surface area contributed by atoms with E-state index in [1.165, 1.54) is 107 Å². The molecule has 4 nitrogen and oxygen atoms in total.